The quantitative estimate of drug-likeness (QED) is 0.0415. The standard InChI is InChI=1S/C58H64N6O14/c1-38-23-43-32-60-48-30-52(50(71-3)28-46(48)57(69)63(43)34-38)77-36-41-25-40(26-42(27-41)37-78-53-31-49-47(29-51(53)72-4)58(70)64-35-39(2)24-44(64)33-61-49)7-5-13-59-54(66)12-16-74-18-20-76-22-21-75-19-17-73-15-6-8-45(65)11-14-62-55(67)9-10-56(62)68/h9-10,25-33,43-44H,1-2,6,8,11-24,34-37H2,3-4H3,(H,59,66)/t43-,44-/m0/s1. The molecule has 2 saturated heterocycles. The van der Waals surface area contributed by atoms with Crippen LogP contribution in [0.4, 0.5) is 11.4 Å². The number of hydrogen-bond acceptors (Lipinski definition) is 16. The lowest BCUT2D eigenvalue weighted by molar-refractivity contribution is -0.137. The number of carbonyl (C=O) groups excluding carboxylic acids is 6. The lowest BCUT2D eigenvalue weighted by Crippen LogP contribution is -2.35. The molecule has 5 aliphatic heterocycles. The Morgan fingerprint density at radius 2 is 1.13 bits per heavy atom. The van der Waals surface area contributed by atoms with Gasteiger partial charge in [-0.05, 0) is 60.7 Å². The molecule has 0 aromatic heterocycles. The summed E-state index contributed by atoms with van der Waals surface area (Å²) in [7, 11) is 3.03. The first-order valence-corrected chi connectivity index (χ1v) is 25.8. The van der Waals surface area contributed by atoms with Crippen molar-refractivity contribution in [1.82, 2.24) is 20.0 Å². The second kappa shape index (κ2) is 27.4. The monoisotopic (exact) mass is 1070 g/mol. The number of ketones is 1. The maximum Gasteiger partial charge on any atom is 0.257 e. The number of nitrogens with one attached hydrogen (secondary N) is 1. The van der Waals surface area contributed by atoms with Gasteiger partial charge in [0.25, 0.3) is 23.6 Å². The van der Waals surface area contributed by atoms with E-state index in [-0.39, 0.29) is 81.3 Å². The van der Waals surface area contributed by atoms with E-state index in [1.807, 2.05) is 18.2 Å². The molecule has 1 N–H and O–H groups in total. The van der Waals surface area contributed by atoms with Crippen molar-refractivity contribution in [3.63, 3.8) is 0 Å². The summed E-state index contributed by atoms with van der Waals surface area (Å²) in [6, 6.07) is 12.1. The zero-order chi connectivity index (χ0) is 55.0. The van der Waals surface area contributed by atoms with E-state index >= 15 is 0 Å². The van der Waals surface area contributed by atoms with Crippen LogP contribution < -0.4 is 24.3 Å². The van der Waals surface area contributed by atoms with Gasteiger partial charge in [0.2, 0.25) is 5.91 Å². The molecular formula is C58H64N6O14. The number of ether oxygens (including phenoxy) is 8. The fraction of sp³-hybridized carbons (Fsp3) is 0.414. The third kappa shape index (κ3) is 14.9. The van der Waals surface area contributed by atoms with Crippen LogP contribution in [-0.4, -0.2) is 168 Å². The van der Waals surface area contributed by atoms with Crippen LogP contribution >= 0.6 is 0 Å². The van der Waals surface area contributed by atoms with E-state index < -0.39 is 11.8 Å². The Morgan fingerprint density at radius 3 is 1.64 bits per heavy atom. The number of nitrogens with zero attached hydrogens (tertiary/aromatic N) is 5. The van der Waals surface area contributed by atoms with Crippen molar-refractivity contribution >= 4 is 59.1 Å². The molecule has 0 bridgehead atoms. The summed E-state index contributed by atoms with van der Waals surface area (Å²) in [5.41, 5.74) is 5.84. The number of amides is 5. The van der Waals surface area contributed by atoms with Gasteiger partial charge in [0.05, 0.1) is 102 Å². The van der Waals surface area contributed by atoms with E-state index in [2.05, 4.69) is 40.3 Å². The summed E-state index contributed by atoms with van der Waals surface area (Å²) in [5.74, 6) is 6.38. The van der Waals surface area contributed by atoms with Gasteiger partial charge in [0, 0.05) is 87.8 Å². The zero-order valence-corrected chi connectivity index (χ0v) is 44.0. The zero-order valence-electron chi connectivity index (χ0n) is 44.0. The minimum atomic E-state index is -0.392. The molecule has 0 spiro atoms. The SMILES string of the molecule is C=C1C[C@H]2C=Nc3cc(OCc4cc(C#CCNC(=O)CCOCCOCCOCCOCCCC(=O)CCN5C(=O)C=CC5=O)cc(COc5cc6c(cc5OC)C(=O)N5CC(=C)C[C@H]5C=N6)c4)c(OC)cc3C(=O)N2C1. The predicted octanol–water partition coefficient (Wildman–Crippen LogP) is 5.42. The first kappa shape index (κ1) is 56.2. The predicted molar refractivity (Wildman–Crippen MR) is 287 cm³/mol. The molecule has 2 atom stereocenters. The topological polar surface area (TPSA) is 223 Å². The largest absolute Gasteiger partial charge is 0.493 e. The van der Waals surface area contributed by atoms with Crippen LogP contribution in [0.3, 0.4) is 0 Å². The molecule has 0 radical (unpaired) electrons. The molecule has 20 heteroatoms. The van der Waals surface area contributed by atoms with E-state index in [0.29, 0.717) is 136 Å². The molecule has 8 rings (SSSR count). The number of carbonyl (C=O) groups is 6. The maximum atomic E-state index is 13.6. The molecule has 0 saturated carbocycles. The van der Waals surface area contributed by atoms with Gasteiger partial charge in [0.15, 0.2) is 23.0 Å². The number of imide groups is 1. The van der Waals surface area contributed by atoms with Crippen molar-refractivity contribution < 1.29 is 66.7 Å². The van der Waals surface area contributed by atoms with Gasteiger partial charge < -0.3 is 53.0 Å². The Hall–Kier alpha value is -7.96. The highest BCUT2D eigenvalue weighted by atomic mass is 16.6. The highest BCUT2D eigenvalue weighted by molar-refractivity contribution is 6.13. The average molecular weight is 1070 g/mol. The van der Waals surface area contributed by atoms with Gasteiger partial charge in [-0.3, -0.25) is 43.7 Å². The normalized spacial score (nSPS) is 17.1. The van der Waals surface area contributed by atoms with Crippen LogP contribution in [0.25, 0.3) is 0 Å². The molecule has 0 aliphatic carbocycles. The second-order valence-electron chi connectivity index (χ2n) is 19.0. The highest BCUT2D eigenvalue weighted by Gasteiger charge is 2.36. The summed E-state index contributed by atoms with van der Waals surface area (Å²) in [6.07, 6.45) is 8.37. The maximum absolute atomic E-state index is 13.6. The lowest BCUT2D eigenvalue weighted by atomic mass is 10.1. The van der Waals surface area contributed by atoms with Crippen molar-refractivity contribution in [2.45, 2.75) is 63.8 Å². The number of benzene rings is 3. The Balaban J connectivity index is 0.789. The van der Waals surface area contributed by atoms with Crippen molar-refractivity contribution in [2.24, 2.45) is 9.98 Å². The van der Waals surface area contributed by atoms with Crippen LogP contribution in [0, 0.1) is 11.8 Å². The minimum absolute atomic E-state index is 0.0343. The van der Waals surface area contributed by atoms with Gasteiger partial charge in [-0.2, -0.15) is 0 Å². The van der Waals surface area contributed by atoms with Crippen molar-refractivity contribution in [1.29, 1.82) is 0 Å². The molecule has 0 unspecified atom stereocenters. The van der Waals surface area contributed by atoms with Crippen molar-refractivity contribution in [3.8, 4) is 34.8 Å². The smallest absolute Gasteiger partial charge is 0.257 e. The Morgan fingerprint density at radius 1 is 0.628 bits per heavy atom. The van der Waals surface area contributed by atoms with Crippen LogP contribution in [0.2, 0.25) is 0 Å². The number of fused-ring (bicyclic) bond motifs is 4. The molecule has 5 amide bonds. The van der Waals surface area contributed by atoms with Gasteiger partial charge in [-0.15, -0.1) is 0 Å². The Kier molecular flexibility index (Phi) is 19.7. The van der Waals surface area contributed by atoms with Gasteiger partial charge in [0.1, 0.15) is 19.0 Å². The summed E-state index contributed by atoms with van der Waals surface area (Å²) in [4.78, 5) is 88.9. The molecule has 2 fully saturated rings. The van der Waals surface area contributed by atoms with Gasteiger partial charge in [-0.1, -0.05) is 36.1 Å². The van der Waals surface area contributed by atoms with E-state index in [1.54, 1.807) is 46.5 Å². The summed E-state index contributed by atoms with van der Waals surface area (Å²) in [6.45, 7) is 12.1. The summed E-state index contributed by atoms with van der Waals surface area (Å²) in [5, 5.41) is 2.81. The van der Waals surface area contributed by atoms with E-state index in [0.717, 1.165) is 27.2 Å². The molecule has 3 aromatic rings. The third-order valence-electron chi connectivity index (χ3n) is 13.2. The third-order valence-corrected chi connectivity index (χ3v) is 13.2. The fourth-order valence-corrected chi connectivity index (χ4v) is 9.22. The van der Waals surface area contributed by atoms with E-state index in [1.165, 1.54) is 26.4 Å². The first-order chi connectivity index (χ1) is 37.9. The average Bonchev–Trinajstić information content (AvgIpc) is 4.09. The van der Waals surface area contributed by atoms with E-state index in [4.69, 9.17) is 37.9 Å². The molecule has 5 heterocycles. The highest BCUT2D eigenvalue weighted by Crippen LogP contribution is 2.41. The van der Waals surface area contributed by atoms with Crippen molar-refractivity contribution in [3.05, 3.63) is 107 Å². The molecule has 78 heavy (non-hydrogen) atoms. The molecule has 5 aliphatic rings. The summed E-state index contributed by atoms with van der Waals surface area (Å²) >= 11 is 0. The fourth-order valence-electron chi connectivity index (χ4n) is 9.22. The Labute approximate surface area is 453 Å². The van der Waals surface area contributed by atoms with Crippen LogP contribution in [-0.2, 0) is 51.3 Å². The summed E-state index contributed by atoms with van der Waals surface area (Å²) < 4.78 is 46.3. The number of aliphatic imine (C=N–C) groups is 2. The number of methoxy groups -OCH3 is 2. The van der Waals surface area contributed by atoms with Gasteiger partial charge in [-0.25, -0.2) is 0 Å². The molecular weight excluding hydrogens is 1000 g/mol. The molecule has 20 nitrogen and oxygen atoms in total. The van der Waals surface area contributed by atoms with Crippen LogP contribution in [0.1, 0.15) is 75.9 Å². The van der Waals surface area contributed by atoms with Crippen LogP contribution in [0.15, 0.2) is 88.9 Å². The Bertz CT molecular complexity index is 2810. The number of hydrogen-bond donors (Lipinski definition) is 1. The lowest BCUT2D eigenvalue weighted by Gasteiger charge is -2.20. The number of Topliss-reactive ketones (excluding diaryl/α,β-unsaturated/α-hetero) is 1. The van der Waals surface area contributed by atoms with Crippen LogP contribution in [0.5, 0.6) is 23.0 Å². The second-order valence-corrected chi connectivity index (χ2v) is 19.0. The number of rotatable bonds is 28. The molecule has 3 aromatic carbocycles. The van der Waals surface area contributed by atoms with E-state index in [9.17, 15) is 28.8 Å². The van der Waals surface area contributed by atoms with Crippen molar-refractivity contribution in [2.75, 3.05) is 93.3 Å². The molecule has 410 valence electrons. The van der Waals surface area contributed by atoms with Gasteiger partial charge >= 0.3 is 0 Å². The minimum Gasteiger partial charge on any atom is -0.493 e. The first-order valence-electron chi connectivity index (χ1n) is 25.8.